The summed E-state index contributed by atoms with van der Waals surface area (Å²) in [7, 11) is 2.03. The third-order valence-electron chi connectivity index (χ3n) is 8.06. The quantitative estimate of drug-likeness (QED) is 0.216. The Morgan fingerprint density at radius 2 is 1.73 bits per heavy atom. The third kappa shape index (κ3) is 8.37. The average Bonchev–Trinajstić information content (AvgIpc) is 3.00. The summed E-state index contributed by atoms with van der Waals surface area (Å²) >= 11 is 0. The molecular weight excluding hydrogens is 494 g/mol. The second-order valence-corrected chi connectivity index (χ2v) is 11.6. The molecule has 0 N–H and O–H groups in total. The number of aryl methyl sites for hydroxylation is 1. The van der Waals surface area contributed by atoms with Gasteiger partial charge in [-0.15, -0.1) is 0 Å². The number of unbranched alkanes of at least 4 members (excludes halogenated alkanes) is 2. The zero-order valence-electron chi connectivity index (χ0n) is 24.9. The number of hydrogen-bond donors (Lipinski definition) is 0. The molecule has 1 fully saturated rings. The lowest BCUT2D eigenvalue weighted by Gasteiger charge is -2.39. The lowest BCUT2D eigenvalue weighted by atomic mass is 10.00. The van der Waals surface area contributed by atoms with Gasteiger partial charge in [-0.25, -0.2) is 4.98 Å². The van der Waals surface area contributed by atoms with Crippen molar-refractivity contribution in [2.24, 2.45) is 5.92 Å². The minimum Gasteiger partial charge on any atom is -0.330 e. The first-order valence-corrected chi connectivity index (χ1v) is 15.2. The summed E-state index contributed by atoms with van der Waals surface area (Å²) in [4.78, 5) is 29.7. The van der Waals surface area contributed by atoms with E-state index >= 15 is 0 Å². The van der Waals surface area contributed by atoms with Crippen LogP contribution < -0.4 is 4.90 Å². The second-order valence-electron chi connectivity index (χ2n) is 11.6. The van der Waals surface area contributed by atoms with Crippen LogP contribution in [0.15, 0.2) is 67.0 Å². The fourth-order valence-corrected chi connectivity index (χ4v) is 5.39. The van der Waals surface area contributed by atoms with Crippen molar-refractivity contribution in [2.75, 3.05) is 31.6 Å². The molecule has 3 aromatic rings. The van der Waals surface area contributed by atoms with Crippen LogP contribution in [0.4, 0.5) is 11.5 Å². The van der Waals surface area contributed by atoms with Gasteiger partial charge in [-0.2, -0.15) is 0 Å². The normalized spacial score (nSPS) is 14.4. The summed E-state index contributed by atoms with van der Waals surface area (Å²) in [5.41, 5.74) is 3.96. The van der Waals surface area contributed by atoms with Gasteiger partial charge in [0, 0.05) is 50.8 Å². The van der Waals surface area contributed by atoms with Crippen molar-refractivity contribution < 1.29 is 4.79 Å². The Morgan fingerprint density at radius 1 is 0.975 bits per heavy atom. The smallest absolute Gasteiger partial charge is 0.272 e. The molecule has 1 aliphatic heterocycles. The standard InChI is InChI=1S/C34H47N5O/c1-5-6-7-10-28-14-17-32(36-25-28)34(40)39(31-19-23-38(24-20-31)22-18-27(2)3)26-29-12-15-30(16-13-29)37(4)33-11-8-9-21-35-33/h8-9,11-17,21,25,27,31H,5-7,10,18-20,22-24,26H2,1-4H3. The van der Waals surface area contributed by atoms with Gasteiger partial charge in [0.05, 0.1) is 0 Å². The van der Waals surface area contributed by atoms with E-state index in [9.17, 15) is 4.79 Å². The summed E-state index contributed by atoms with van der Waals surface area (Å²) in [5.74, 6) is 1.66. The minimum atomic E-state index is 0.0374. The van der Waals surface area contributed by atoms with Crippen molar-refractivity contribution in [3.05, 3.63) is 83.8 Å². The number of carbonyl (C=O) groups excluding carboxylic acids is 1. The summed E-state index contributed by atoms with van der Waals surface area (Å²) in [5, 5.41) is 0. The summed E-state index contributed by atoms with van der Waals surface area (Å²) in [6.07, 6.45) is 11.5. The Kier molecular flexibility index (Phi) is 11.1. The van der Waals surface area contributed by atoms with E-state index in [-0.39, 0.29) is 11.9 Å². The van der Waals surface area contributed by atoms with Crippen LogP contribution >= 0.6 is 0 Å². The summed E-state index contributed by atoms with van der Waals surface area (Å²) < 4.78 is 0. The van der Waals surface area contributed by atoms with Gasteiger partial charge in [0.1, 0.15) is 11.5 Å². The fourth-order valence-electron chi connectivity index (χ4n) is 5.39. The van der Waals surface area contributed by atoms with Crippen LogP contribution in [0.5, 0.6) is 0 Å². The first kappa shape index (κ1) is 29.7. The molecule has 0 radical (unpaired) electrons. The molecule has 1 aromatic carbocycles. The number of nitrogens with zero attached hydrogens (tertiary/aromatic N) is 5. The van der Waals surface area contributed by atoms with E-state index in [2.05, 4.69) is 75.8 Å². The van der Waals surface area contributed by atoms with Gasteiger partial charge in [-0.3, -0.25) is 9.78 Å². The highest BCUT2D eigenvalue weighted by Crippen LogP contribution is 2.25. The van der Waals surface area contributed by atoms with Crippen molar-refractivity contribution in [1.29, 1.82) is 0 Å². The predicted molar refractivity (Wildman–Crippen MR) is 165 cm³/mol. The summed E-state index contributed by atoms with van der Waals surface area (Å²) in [6, 6.07) is 18.7. The van der Waals surface area contributed by atoms with Crippen LogP contribution in [0.25, 0.3) is 0 Å². The van der Waals surface area contributed by atoms with Crippen molar-refractivity contribution in [3.63, 3.8) is 0 Å². The molecular formula is C34H47N5O. The number of piperidine rings is 1. The van der Waals surface area contributed by atoms with Crippen molar-refractivity contribution >= 4 is 17.4 Å². The molecule has 214 valence electrons. The molecule has 0 aliphatic carbocycles. The lowest BCUT2D eigenvalue weighted by molar-refractivity contribution is 0.0540. The highest BCUT2D eigenvalue weighted by molar-refractivity contribution is 5.92. The van der Waals surface area contributed by atoms with Crippen LogP contribution in [-0.4, -0.2) is 58.4 Å². The molecule has 40 heavy (non-hydrogen) atoms. The zero-order chi connectivity index (χ0) is 28.3. The number of aromatic nitrogens is 2. The van der Waals surface area contributed by atoms with Crippen LogP contribution in [-0.2, 0) is 13.0 Å². The number of benzene rings is 1. The number of amides is 1. The maximum absolute atomic E-state index is 13.9. The molecule has 0 unspecified atom stereocenters. The molecule has 0 saturated carbocycles. The number of carbonyl (C=O) groups is 1. The number of pyridine rings is 2. The second kappa shape index (κ2) is 14.9. The maximum Gasteiger partial charge on any atom is 0.272 e. The van der Waals surface area contributed by atoms with Gasteiger partial charge in [-0.1, -0.05) is 57.9 Å². The Hall–Kier alpha value is -3.25. The fraction of sp³-hybridized carbons (Fsp3) is 0.500. The Bertz CT molecular complexity index is 1160. The van der Waals surface area contributed by atoms with E-state index in [4.69, 9.17) is 0 Å². The van der Waals surface area contributed by atoms with Crippen molar-refractivity contribution in [2.45, 2.75) is 78.3 Å². The van der Waals surface area contributed by atoms with E-state index < -0.39 is 0 Å². The van der Waals surface area contributed by atoms with Gasteiger partial charge < -0.3 is 14.7 Å². The highest BCUT2D eigenvalue weighted by Gasteiger charge is 2.29. The first-order valence-electron chi connectivity index (χ1n) is 15.2. The SMILES string of the molecule is CCCCCc1ccc(C(=O)N(Cc2ccc(N(C)c3ccccn3)cc2)C2CCN(CCC(C)C)CC2)nc1. The number of likely N-dealkylation sites (tertiary alicyclic amines) is 1. The Balaban J connectivity index is 1.48. The molecule has 1 amide bonds. The van der Waals surface area contributed by atoms with Gasteiger partial charge in [0.25, 0.3) is 5.91 Å². The molecule has 2 aromatic heterocycles. The highest BCUT2D eigenvalue weighted by atomic mass is 16.2. The van der Waals surface area contributed by atoms with Gasteiger partial charge in [0.2, 0.25) is 0 Å². The van der Waals surface area contributed by atoms with Crippen LogP contribution in [0.1, 0.15) is 80.9 Å². The maximum atomic E-state index is 13.9. The van der Waals surface area contributed by atoms with Gasteiger partial charge in [0.15, 0.2) is 0 Å². The monoisotopic (exact) mass is 541 g/mol. The molecule has 1 aliphatic rings. The Labute approximate surface area is 241 Å². The van der Waals surface area contributed by atoms with E-state index in [1.54, 1.807) is 0 Å². The van der Waals surface area contributed by atoms with Crippen molar-refractivity contribution in [1.82, 2.24) is 19.8 Å². The zero-order valence-corrected chi connectivity index (χ0v) is 24.9. The largest absolute Gasteiger partial charge is 0.330 e. The van der Waals surface area contributed by atoms with Crippen molar-refractivity contribution in [3.8, 4) is 0 Å². The molecule has 3 heterocycles. The number of hydrogen-bond acceptors (Lipinski definition) is 5. The predicted octanol–water partition coefficient (Wildman–Crippen LogP) is 7.13. The third-order valence-corrected chi connectivity index (χ3v) is 8.06. The van der Waals surface area contributed by atoms with Gasteiger partial charge >= 0.3 is 0 Å². The van der Waals surface area contributed by atoms with E-state index in [0.717, 1.165) is 56.0 Å². The van der Waals surface area contributed by atoms with Gasteiger partial charge in [-0.05, 0) is 86.0 Å². The Morgan fingerprint density at radius 3 is 2.35 bits per heavy atom. The molecule has 4 rings (SSSR count). The molecule has 0 spiro atoms. The minimum absolute atomic E-state index is 0.0374. The lowest BCUT2D eigenvalue weighted by Crippen LogP contribution is -2.47. The molecule has 6 heteroatoms. The number of rotatable bonds is 13. The average molecular weight is 542 g/mol. The molecule has 1 saturated heterocycles. The van der Waals surface area contributed by atoms with Crippen LogP contribution in [0.3, 0.4) is 0 Å². The molecule has 6 nitrogen and oxygen atoms in total. The van der Waals surface area contributed by atoms with Crippen LogP contribution in [0, 0.1) is 5.92 Å². The van der Waals surface area contributed by atoms with E-state index in [1.807, 2.05) is 43.7 Å². The van der Waals surface area contributed by atoms with Crippen LogP contribution in [0.2, 0.25) is 0 Å². The summed E-state index contributed by atoms with van der Waals surface area (Å²) in [6.45, 7) is 10.6. The van der Waals surface area contributed by atoms with E-state index in [1.165, 1.54) is 31.2 Å². The number of anilines is 2. The topological polar surface area (TPSA) is 52.6 Å². The first-order chi connectivity index (χ1) is 19.4. The molecule has 0 atom stereocenters. The van der Waals surface area contributed by atoms with E-state index in [0.29, 0.717) is 18.2 Å². The molecule has 0 bridgehead atoms.